The molecule has 1 atom stereocenters. The minimum atomic E-state index is -0.577. The van der Waals surface area contributed by atoms with E-state index >= 15 is 0 Å². The zero-order chi connectivity index (χ0) is 12.0. The number of aliphatic hydroxyl groups is 1. The first-order valence-corrected chi connectivity index (χ1v) is 6.38. The number of aliphatic hydroxyl groups excluding tert-OH is 1. The van der Waals surface area contributed by atoms with Gasteiger partial charge in [-0.2, -0.15) is 0 Å². The topological polar surface area (TPSA) is 37.3 Å². The van der Waals surface area contributed by atoms with Crippen molar-refractivity contribution < 1.29 is 9.90 Å². The van der Waals surface area contributed by atoms with Gasteiger partial charge in [-0.1, -0.05) is 55.8 Å². The van der Waals surface area contributed by atoms with Crippen LogP contribution in [0.4, 0.5) is 0 Å². The second-order valence-electron chi connectivity index (χ2n) is 3.99. The van der Waals surface area contributed by atoms with E-state index in [0.717, 1.165) is 18.2 Å². The van der Waals surface area contributed by atoms with Gasteiger partial charge in [-0.3, -0.25) is 4.79 Å². The van der Waals surface area contributed by atoms with E-state index in [0.29, 0.717) is 0 Å². The zero-order valence-electron chi connectivity index (χ0n) is 9.77. The van der Waals surface area contributed by atoms with E-state index in [1.807, 2.05) is 25.2 Å². The summed E-state index contributed by atoms with van der Waals surface area (Å²) >= 11 is 1.14. The lowest BCUT2D eigenvalue weighted by Gasteiger charge is -2.16. The Balaban J connectivity index is 2.48. The molecule has 2 nitrogen and oxygen atoms in total. The molecule has 0 bridgehead atoms. The van der Waals surface area contributed by atoms with Crippen molar-refractivity contribution in [3.63, 3.8) is 0 Å². The lowest BCUT2D eigenvalue weighted by Crippen LogP contribution is -2.16. The summed E-state index contributed by atoms with van der Waals surface area (Å²) in [5.74, 6) is 0.140. The van der Waals surface area contributed by atoms with Crippen LogP contribution in [0, 0.1) is 0 Å². The molecule has 0 aromatic carbocycles. The van der Waals surface area contributed by atoms with Gasteiger partial charge in [0.25, 0.3) is 0 Å². The van der Waals surface area contributed by atoms with Crippen molar-refractivity contribution >= 4 is 16.9 Å². The monoisotopic (exact) mass is 238 g/mol. The maximum Gasteiger partial charge on any atom is 0.216 e. The fourth-order valence-electron chi connectivity index (χ4n) is 1.40. The van der Waals surface area contributed by atoms with Gasteiger partial charge >= 0.3 is 0 Å². The van der Waals surface area contributed by atoms with Gasteiger partial charge in [0.2, 0.25) is 5.12 Å². The van der Waals surface area contributed by atoms with Crippen LogP contribution in [-0.2, 0) is 4.79 Å². The van der Waals surface area contributed by atoms with Crippen LogP contribution < -0.4 is 0 Å². The highest BCUT2D eigenvalue weighted by Gasteiger charge is 2.35. The maximum absolute atomic E-state index is 11.1. The maximum atomic E-state index is 11.1. The summed E-state index contributed by atoms with van der Waals surface area (Å²) in [5.41, 5.74) is 0. The van der Waals surface area contributed by atoms with Crippen LogP contribution in [0.25, 0.3) is 0 Å². The molecule has 1 unspecified atom stereocenters. The van der Waals surface area contributed by atoms with E-state index < -0.39 is 4.75 Å². The SMILES string of the molecule is CCCC/C=C/C=C/C1(C)SC(=O)C=C1O. The Morgan fingerprint density at radius 2 is 2.25 bits per heavy atom. The molecule has 1 heterocycles. The minimum absolute atomic E-state index is 0.0837. The number of thioether (sulfide) groups is 1. The van der Waals surface area contributed by atoms with Gasteiger partial charge in [-0.05, 0) is 13.3 Å². The second-order valence-corrected chi connectivity index (χ2v) is 5.44. The highest BCUT2D eigenvalue weighted by atomic mass is 32.2. The van der Waals surface area contributed by atoms with E-state index in [1.54, 1.807) is 0 Å². The van der Waals surface area contributed by atoms with E-state index in [4.69, 9.17) is 0 Å². The van der Waals surface area contributed by atoms with Crippen molar-refractivity contribution in [2.24, 2.45) is 0 Å². The summed E-state index contributed by atoms with van der Waals surface area (Å²) in [6.45, 7) is 4.00. The lowest BCUT2D eigenvalue weighted by atomic mass is 10.1. The van der Waals surface area contributed by atoms with Crippen molar-refractivity contribution in [1.82, 2.24) is 0 Å². The van der Waals surface area contributed by atoms with Gasteiger partial charge < -0.3 is 5.11 Å². The third kappa shape index (κ3) is 3.56. The lowest BCUT2D eigenvalue weighted by molar-refractivity contribution is -0.106. The predicted molar refractivity (Wildman–Crippen MR) is 69.5 cm³/mol. The number of hydrogen-bond acceptors (Lipinski definition) is 3. The number of rotatable bonds is 5. The number of carbonyl (C=O) groups excluding carboxylic acids is 1. The molecule has 0 fully saturated rings. The van der Waals surface area contributed by atoms with E-state index in [-0.39, 0.29) is 10.9 Å². The van der Waals surface area contributed by atoms with Gasteiger partial charge in [0.05, 0.1) is 4.75 Å². The summed E-state index contributed by atoms with van der Waals surface area (Å²) < 4.78 is -0.577. The molecule has 88 valence electrons. The average Bonchev–Trinajstić information content (AvgIpc) is 2.47. The van der Waals surface area contributed by atoms with E-state index in [1.165, 1.54) is 18.9 Å². The summed E-state index contributed by atoms with van der Waals surface area (Å²) in [4.78, 5) is 11.1. The summed E-state index contributed by atoms with van der Waals surface area (Å²) in [7, 11) is 0. The molecule has 0 saturated heterocycles. The normalized spacial score (nSPS) is 25.9. The van der Waals surface area contributed by atoms with Crippen LogP contribution >= 0.6 is 11.8 Å². The Morgan fingerprint density at radius 3 is 2.81 bits per heavy atom. The minimum Gasteiger partial charge on any atom is -0.510 e. The number of allylic oxidation sites excluding steroid dienone is 3. The van der Waals surface area contributed by atoms with Gasteiger partial charge in [0.15, 0.2) is 0 Å². The highest BCUT2D eigenvalue weighted by Crippen LogP contribution is 2.39. The predicted octanol–water partition coefficient (Wildman–Crippen LogP) is 3.76. The van der Waals surface area contributed by atoms with Gasteiger partial charge in [-0.15, -0.1) is 0 Å². The summed E-state index contributed by atoms with van der Waals surface area (Å²) in [6.07, 6.45) is 12.6. The van der Waals surface area contributed by atoms with Crippen LogP contribution in [0.1, 0.15) is 33.1 Å². The van der Waals surface area contributed by atoms with Crippen molar-refractivity contribution in [1.29, 1.82) is 0 Å². The highest BCUT2D eigenvalue weighted by molar-refractivity contribution is 8.15. The molecule has 1 N–H and O–H groups in total. The fourth-order valence-corrected chi connectivity index (χ4v) is 2.30. The molecule has 3 heteroatoms. The van der Waals surface area contributed by atoms with Crippen molar-refractivity contribution in [2.75, 3.05) is 0 Å². The van der Waals surface area contributed by atoms with E-state index in [2.05, 4.69) is 13.0 Å². The van der Waals surface area contributed by atoms with E-state index in [9.17, 15) is 9.90 Å². The smallest absolute Gasteiger partial charge is 0.216 e. The van der Waals surface area contributed by atoms with Crippen LogP contribution in [-0.4, -0.2) is 15.0 Å². The number of hydrogen-bond donors (Lipinski definition) is 1. The Bertz CT molecular complexity index is 342. The first kappa shape index (κ1) is 13.1. The first-order valence-electron chi connectivity index (χ1n) is 5.57. The summed E-state index contributed by atoms with van der Waals surface area (Å²) in [5, 5.41) is 9.52. The largest absolute Gasteiger partial charge is 0.510 e. The van der Waals surface area contributed by atoms with Crippen LogP contribution in [0.3, 0.4) is 0 Å². The Hall–Kier alpha value is -0.960. The van der Waals surface area contributed by atoms with Crippen LogP contribution in [0.5, 0.6) is 0 Å². The van der Waals surface area contributed by atoms with Crippen molar-refractivity contribution in [3.05, 3.63) is 36.1 Å². The third-order valence-electron chi connectivity index (χ3n) is 2.46. The molecule has 0 saturated carbocycles. The molecule has 0 aromatic rings. The molecule has 0 aliphatic carbocycles. The quantitative estimate of drug-likeness (QED) is 0.585. The number of unbranched alkanes of at least 4 members (excludes halogenated alkanes) is 2. The molecule has 0 radical (unpaired) electrons. The van der Waals surface area contributed by atoms with Gasteiger partial charge in [0.1, 0.15) is 5.76 Å². The zero-order valence-corrected chi connectivity index (χ0v) is 10.6. The van der Waals surface area contributed by atoms with Crippen LogP contribution in [0.2, 0.25) is 0 Å². The summed E-state index contributed by atoms with van der Waals surface area (Å²) in [6, 6.07) is 0. The molecular weight excluding hydrogens is 220 g/mol. The van der Waals surface area contributed by atoms with Gasteiger partial charge in [0, 0.05) is 6.08 Å². The molecular formula is C13H18O2S. The van der Waals surface area contributed by atoms with Gasteiger partial charge in [-0.25, -0.2) is 0 Å². The molecule has 0 amide bonds. The molecule has 0 spiro atoms. The standard InChI is InChI=1S/C13H18O2S/c1-3-4-5-6-7-8-9-13(2)11(14)10-12(15)16-13/h6-10,14H,3-5H2,1-2H3/b7-6+,9-8+. The number of carbonyl (C=O) groups is 1. The molecule has 1 rings (SSSR count). The molecule has 1 aliphatic heterocycles. The second kappa shape index (κ2) is 5.94. The first-order chi connectivity index (χ1) is 7.58. The van der Waals surface area contributed by atoms with Crippen LogP contribution in [0.15, 0.2) is 36.1 Å². The third-order valence-corrected chi connectivity index (χ3v) is 3.55. The Labute approximate surface area is 101 Å². The Morgan fingerprint density at radius 1 is 1.50 bits per heavy atom. The fraction of sp³-hybridized carbons (Fsp3) is 0.462. The molecule has 16 heavy (non-hydrogen) atoms. The average molecular weight is 238 g/mol. The molecule has 1 aliphatic rings. The van der Waals surface area contributed by atoms with Crippen molar-refractivity contribution in [2.45, 2.75) is 37.9 Å². The van der Waals surface area contributed by atoms with Crippen molar-refractivity contribution in [3.8, 4) is 0 Å². The molecule has 0 aromatic heterocycles. The Kier molecular flexibility index (Phi) is 4.87.